The average Bonchev–Trinajstić information content (AvgIpc) is 2.49. The highest BCUT2D eigenvalue weighted by Crippen LogP contribution is 2.29. The summed E-state index contributed by atoms with van der Waals surface area (Å²) in [5, 5.41) is 0.507. The van der Waals surface area contributed by atoms with E-state index in [9.17, 15) is 0 Å². The van der Waals surface area contributed by atoms with Crippen molar-refractivity contribution in [2.24, 2.45) is 0 Å². The zero-order valence-corrected chi connectivity index (χ0v) is 12.9. The molecule has 0 fully saturated rings. The molecule has 4 nitrogen and oxygen atoms in total. The van der Waals surface area contributed by atoms with Crippen LogP contribution in [0, 0.1) is 6.92 Å². The number of hydrogen-bond donors (Lipinski definition) is 0. The summed E-state index contributed by atoms with van der Waals surface area (Å²) in [6.45, 7) is 3.94. The molecule has 2 rings (SSSR count). The molecule has 0 aliphatic heterocycles. The first-order valence-corrected chi connectivity index (χ1v) is 6.85. The molecule has 0 aliphatic rings. The highest BCUT2D eigenvalue weighted by Gasteiger charge is 2.14. The van der Waals surface area contributed by atoms with E-state index in [4.69, 9.17) is 16.3 Å². The van der Waals surface area contributed by atoms with Crippen LogP contribution in [0.4, 0.5) is 11.5 Å². The van der Waals surface area contributed by atoms with Crippen molar-refractivity contribution in [2.45, 2.75) is 20.3 Å². The molecule has 1 heterocycles. The number of anilines is 2. The second-order valence-electron chi connectivity index (χ2n) is 4.49. The van der Waals surface area contributed by atoms with Crippen molar-refractivity contribution in [3.8, 4) is 5.75 Å². The van der Waals surface area contributed by atoms with Crippen molar-refractivity contribution in [2.75, 3.05) is 19.1 Å². The highest BCUT2D eigenvalue weighted by molar-refractivity contribution is 6.30. The number of nitrogens with zero attached hydrogens (tertiary/aromatic N) is 3. The Kier molecular flexibility index (Phi) is 4.45. The molecule has 0 unspecified atom stereocenters. The Hall–Kier alpha value is -1.81. The minimum absolute atomic E-state index is 0.507. The van der Waals surface area contributed by atoms with Crippen LogP contribution in [0.15, 0.2) is 24.3 Å². The number of rotatable bonds is 4. The van der Waals surface area contributed by atoms with E-state index in [0.717, 1.165) is 35.1 Å². The third-order valence-electron chi connectivity index (χ3n) is 3.20. The van der Waals surface area contributed by atoms with Crippen LogP contribution in [0.1, 0.15) is 18.3 Å². The molecule has 0 aliphatic carbocycles. The van der Waals surface area contributed by atoms with Gasteiger partial charge < -0.3 is 9.64 Å². The van der Waals surface area contributed by atoms with Crippen molar-refractivity contribution in [1.82, 2.24) is 9.97 Å². The molecule has 5 heteroatoms. The lowest BCUT2D eigenvalue weighted by Crippen LogP contribution is -2.14. The number of methoxy groups -OCH3 is 1. The molecule has 0 spiro atoms. The molecule has 0 saturated heterocycles. The largest absolute Gasteiger partial charge is 0.497 e. The summed E-state index contributed by atoms with van der Waals surface area (Å²) in [7, 11) is 3.62. The summed E-state index contributed by atoms with van der Waals surface area (Å²) in [5.74, 6) is 2.40. The molecule has 106 valence electrons. The van der Waals surface area contributed by atoms with E-state index in [2.05, 4.69) is 9.97 Å². The fourth-order valence-electron chi connectivity index (χ4n) is 1.93. The van der Waals surface area contributed by atoms with E-state index < -0.39 is 0 Å². The fraction of sp³-hybridized carbons (Fsp3) is 0.333. The molecule has 0 amide bonds. The third-order valence-corrected chi connectivity index (χ3v) is 3.57. The van der Waals surface area contributed by atoms with Crippen LogP contribution >= 0.6 is 11.6 Å². The second kappa shape index (κ2) is 6.09. The first-order valence-electron chi connectivity index (χ1n) is 6.47. The molecule has 20 heavy (non-hydrogen) atoms. The Balaban J connectivity index is 2.41. The molecule has 2 aromatic rings. The zero-order chi connectivity index (χ0) is 14.7. The zero-order valence-electron chi connectivity index (χ0n) is 12.1. The van der Waals surface area contributed by atoms with E-state index in [0.29, 0.717) is 5.15 Å². The Morgan fingerprint density at radius 1 is 1.20 bits per heavy atom. The van der Waals surface area contributed by atoms with E-state index in [1.54, 1.807) is 7.11 Å². The van der Waals surface area contributed by atoms with Crippen LogP contribution in [0.2, 0.25) is 5.15 Å². The highest BCUT2D eigenvalue weighted by atomic mass is 35.5. The van der Waals surface area contributed by atoms with Gasteiger partial charge in [0.05, 0.1) is 7.11 Å². The van der Waals surface area contributed by atoms with Crippen molar-refractivity contribution in [1.29, 1.82) is 0 Å². The molecule has 1 aromatic carbocycles. The molecule has 0 N–H and O–H groups in total. The van der Waals surface area contributed by atoms with Crippen LogP contribution in [0.3, 0.4) is 0 Å². The van der Waals surface area contributed by atoms with Gasteiger partial charge in [0.1, 0.15) is 22.5 Å². The maximum atomic E-state index is 6.18. The monoisotopic (exact) mass is 291 g/mol. The Morgan fingerprint density at radius 2 is 1.85 bits per heavy atom. The molecular weight excluding hydrogens is 274 g/mol. The van der Waals surface area contributed by atoms with Gasteiger partial charge >= 0.3 is 0 Å². The first-order chi connectivity index (χ1) is 9.56. The van der Waals surface area contributed by atoms with Gasteiger partial charge in [-0.15, -0.1) is 0 Å². The SMILES string of the molecule is CCc1nc(Cl)c(C)c(N(C)c2ccc(OC)cc2)n1. The molecule has 1 aromatic heterocycles. The normalized spacial score (nSPS) is 10.4. The molecule has 0 atom stereocenters. The first kappa shape index (κ1) is 14.6. The lowest BCUT2D eigenvalue weighted by Gasteiger charge is -2.21. The number of benzene rings is 1. The summed E-state index contributed by atoms with van der Waals surface area (Å²) in [5.41, 5.74) is 1.90. The van der Waals surface area contributed by atoms with E-state index in [1.807, 2.05) is 50.1 Å². The molecule has 0 saturated carbocycles. The molecule has 0 radical (unpaired) electrons. The Bertz CT molecular complexity index is 599. The van der Waals surface area contributed by atoms with Gasteiger partial charge in [-0.2, -0.15) is 0 Å². The quantitative estimate of drug-likeness (QED) is 0.804. The number of ether oxygens (including phenoxy) is 1. The smallest absolute Gasteiger partial charge is 0.140 e. The minimum Gasteiger partial charge on any atom is -0.497 e. The van der Waals surface area contributed by atoms with E-state index in [-0.39, 0.29) is 0 Å². The standard InChI is InChI=1S/C15H18ClN3O/c1-5-13-17-14(16)10(2)15(18-13)19(3)11-6-8-12(20-4)9-7-11/h6-9H,5H2,1-4H3. The van der Waals surface area contributed by atoms with Crippen LogP contribution in [-0.2, 0) is 6.42 Å². The predicted molar refractivity (Wildman–Crippen MR) is 82.2 cm³/mol. The van der Waals surface area contributed by atoms with Gasteiger partial charge in [0.25, 0.3) is 0 Å². The Labute approximate surface area is 124 Å². The van der Waals surface area contributed by atoms with Crippen LogP contribution in [-0.4, -0.2) is 24.1 Å². The van der Waals surface area contributed by atoms with Crippen molar-refractivity contribution in [3.05, 3.63) is 40.8 Å². The summed E-state index contributed by atoms with van der Waals surface area (Å²) >= 11 is 6.18. The van der Waals surface area contributed by atoms with E-state index >= 15 is 0 Å². The second-order valence-corrected chi connectivity index (χ2v) is 4.85. The minimum atomic E-state index is 0.507. The maximum absolute atomic E-state index is 6.18. The third kappa shape index (κ3) is 2.85. The Morgan fingerprint density at radius 3 is 2.40 bits per heavy atom. The van der Waals surface area contributed by atoms with Crippen molar-refractivity contribution >= 4 is 23.1 Å². The summed E-state index contributed by atoms with van der Waals surface area (Å²) in [6.07, 6.45) is 0.753. The average molecular weight is 292 g/mol. The molecule has 0 bridgehead atoms. The van der Waals surface area contributed by atoms with Gasteiger partial charge in [0, 0.05) is 24.7 Å². The number of halogens is 1. The van der Waals surface area contributed by atoms with Crippen molar-refractivity contribution < 1.29 is 4.74 Å². The van der Waals surface area contributed by atoms with Crippen molar-refractivity contribution in [3.63, 3.8) is 0 Å². The van der Waals surface area contributed by atoms with Gasteiger partial charge in [0.15, 0.2) is 0 Å². The summed E-state index contributed by atoms with van der Waals surface area (Å²) in [6, 6.07) is 7.81. The van der Waals surface area contributed by atoms with Gasteiger partial charge in [0.2, 0.25) is 0 Å². The predicted octanol–water partition coefficient (Wildman–Crippen LogP) is 3.78. The van der Waals surface area contributed by atoms with Gasteiger partial charge in [-0.05, 0) is 31.2 Å². The van der Waals surface area contributed by atoms with Gasteiger partial charge in [-0.1, -0.05) is 18.5 Å². The topological polar surface area (TPSA) is 38.2 Å². The summed E-state index contributed by atoms with van der Waals surface area (Å²) in [4.78, 5) is 10.8. The van der Waals surface area contributed by atoms with Crippen LogP contribution in [0.25, 0.3) is 0 Å². The van der Waals surface area contributed by atoms with Gasteiger partial charge in [-0.3, -0.25) is 0 Å². The van der Waals surface area contributed by atoms with E-state index in [1.165, 1.54) is 0 Å². The van der Waals surface area contributed by atoms with Crippen LogP contribution < -0.4 is 9.64 Å². The van der Waals surface area contributed by atoms with Gasteiger partial charge in [-0.25, -0.2) is 9.97 Å². The lowest BCUT2D eigenvalue weighted by atomic mass is 10.2. The number of hydrogen-bond acceptors (Lipinski definition) is 4. The maximum Gasteiger partial charge on any atom is 0.140 e. The number of aryl methyl sites for hydroxylation is 1. The molecular formula is C15H18ClN3O. The fourth-order valence-corrected chi connectivity index (χ4v) is 2.12. The lowest BCUT2D eigenvalue weighted by molar-refractivity contribution is 0.415. The number of aromatic nitrogens is 2. The van der Waals surface area contributed by atoms with Crippen LogP contribution in [0.5, 0.6) is 5.75 Å². The summed E-state index contributed by atoms with van der Waals surface area (Å²) < 4.78 is 5.17.